The van der Waals surface area contributed by atoms with E-state index < -0.39 is 0 Å². The van der Waals surface area contributed by atoms with Gasteiger partial charge in [0.25, 0.3) is 0 Å². The van der Waals surface area contributed by atoms with Crippen molar-refractivity contribution in [2.75, 3.05) is 0 Å². The maximum absolute atomic E-state index is 11.7. The second-order valence-corrected chi connectivity index (χ2v) is 4.24. The Labute approximate surface area is 116 Å². The van der Waals surface area contributed by atoms with Gasteiger partial charge >= 0.3 is 5.97 Å². The maximum Gasteiger partial charge on any atom is 0.314 e. The molecule has 1 unspecified atom stereocenters. The van der Waals surface area contributed by atoms with Gasteiger partial charge in [-0.2, -0.15) is 0 Å². The van der Waals surface area contributed by atoms with Crippen molar-refractivity contribution in [1.29, 1.82) is 0 Å². The van der Waals surface area contributed by atoms with E-state index in [0.29, 0.717) is 5.75 Å². The van der Waals surface area contributed by atoms with Gasteiger partial charge in [0, 0.05) is 0 Å². The zero-order valence-corrected chi connectivity index (χ0v) is 10.1. The van der Waals surface area contributed by atoms with E-state index in [4.69, 9.17) is 4.74 Å². The number of benzene rings is 2. The first kappa shape index (κ1) is 17.2. The number of hydrogen-bond acceptors (Lipinski definition) is 2. The first-order chi connectivity index (χ1) is 8.20. The summed E-state index contributed by atoms with van der Waals surface area (Å²) in [6, 6.07) is 13.7. The number of hydrogen-bond donors (Lipinski definition) is 0. The number of ether oxygens (including phenoxy) is 1. The van der Waals surface area contributed by atoms with E-state index >= 15 is 0 Å². The highest BCUT2D eigenvalue weighted by molar-refractivity contribution is 5.84. The fraction of sp³-hybridized carbons (Fsp3) is 0.353. The van der Waals surface area contributed by atoms with Crippen LogP contribution in [0.15, 0.2) is 42.5 Å². The lowest BCUT2D eigenvalue weighted by molar-refractivity contribution is -0.138. The second-order valence-electron chi connectivity index (χ2n) is 4.24. The van der Waals surface area contributed by atoms with Gasteiger partial charge in [0.2, 0.25) is 0 Å². The number of carbonyl (C=O) groups is 1. The molecule has 0 saturated heterocycles. The van der Waals surface area contributed by atoms with Crippen LogP contribution in [0.5, 0.6) is 5.75 Å². The lowest BCUT2D eigenvalue weighted by atomic mass is 10.1. The van der Waals surface area contributed by atoms with Crippen LogP contribution in [0.3, 0.4) is 0 Å². The van der Waals surface area contributed by atoms with Crippen LogP contribution in [-0.4, -0.2) is 5.97 Å². The van der Waals surface area contributed by atoms with E-state index in [1.807, 2.05) is 56.3 Å². The van der Waals surface area contributed by atoms with Gasteiger partial charge in [-0.05, 0) is 29.3 Å². The standard InChI is InChI=1S/C15H16O2.2CH4/c1-3-11(2)15(16)17-14-9-8-12-6-4-5-7-13(12)10-14;;/h4-11H,3H2,1-2H3;2*1H4. The minimum absolute atomic E-state index is 0. The summed E-state index contributed by atoms with van der Waals surface area (Å²) >= 11 is 0. The predicted molar refractivity (Wildman–Crippen MR) is 82.5 cm³/mol. The maximum atomic E-state index is 11.7. The molecule has 0 heterocycles. The smallest absolute Gasteiger partial charge is 0.314 e. The van der Waals surface area contributed by atoms with Gasteiger partial charge in [0.05, 0.1) is 5.92 Å². The minimum atomic E-state index is -0.164. The van der Waals surface area contributed by atoms with Crippen molar-refractivity contribution in [2.24, 2.45) is 5.92 Å². The minimum Gasteiger partial charge on any atom is -0.426 e. The predicted octanol–water partition coefficient (Wildman–Crippen LogP) is 5.06. The summed E-state index contributed by atoms with van der Waals surface area (Å²) < 4.78 is 5.34. The van der Waals surface area contributed by atoms with Crippen molar-refractivity contribution in [3.05, 3.63) is 42.5 Å². The van der Waals surface area contributed by atoms with Gasteiger partial charge in [-0.1, -0.05) is 59.0 Å². The molecule has 0 aliphatic carbocycles. The third-order valence-electron chi connectivity index (χ3n) is 2.95. The molecule has 0 aliphatic rings. The number of fused-ring (bicyclic) bond motifs is 1. The van der Waals surface area contributed by atoms with E-state index in [2.05, 4.69) is 0 Å². The van der Waals surface area contributed by atoms with Crippen molar-refractivity contribution in [3.8, 4) is 5.75 Å². The summed E-state index contributed by atoms with van der Waals surface area (Å²) in [5.41, 5.74) is 0. The number of rotatable bonds is 3. The molecule has 104 valence electrons. The molecule has 0 aliphatic heterocycles. The summed E-state index contributed by atoms with van der Waals surface area (Å²) in [5, 5.41) is 2.23. The Kier molecular flexibility index (Phi) is 6.84. The second kappa shape index (κ2) is 7.57. The third kappa shape index (κ3) is 4.09. The van der Waals surface area contributed by atoms with Gasteiger partial charge < -0.3 is 4.74 Å². The molecule has 2 aromatic rings. The molecule has 2 rings (SSSR count). The van der Waals surface area contributed by atoms with Crippen LogP contribution in [-0.2, 0) is 4.79 Å². The van der Waals surface area contributed by atoms with Crippen LogP contribution in [0.1, 0.15) is 35.1 Å². The van der Waals surface area contributed by atoms with Crippen molar-refractivity contribution in [2.45, 2.75) is 35.1 Å². The van der Waals surface area contributed by atoms with Crippen LogP contribution in [0.4, 0.5) is 0 Å². The largest absolute Gasteiger partial charge is 0.426 e. The Morgan fingerprint density at radius 3 is 2.37 bits per heavy atom. The third-order valence-corrected chi connectivity index (χ3v) is 2.95. The molecule has 1 atom stereocenters. The normalized spacial score (nSPS) is 11.1. The van der Waals surface area contributed by atoms with E-state index in [-0.39, 0.29) is 26.7 Å². The molecule has 0 fully saturated rings. The lowest BCUT2D eigenvalue weighted by Gasteiger charge is -2.09. The quantitative estimate of drug-likeness (QED) is 0.569. The van der Waals surface area contributed by atoms with Crippen LogP contribution in [0.25, 0.3) is 10.8 Å². The van der Waals surface area contributed by atoms with Crippen molar-refractivity contribution in [3.63, 3.8) is 0 Å². The van der Waals surface area contributed by atoms with E-state index in [0.717, 1.165) is 17.2 Å². The SMILES string of the molecule is C.C.CCC(C)C(=O)Oc1ccc2ccccc2c1. The van der Waals surface area contributed by atoms with Gasteiger partial charge in [0.1, 0.15) is 5.75 Å². The van der Waals surface area contributed by atoms with Gasteiger partial charge in [-0.3, -0.25) is 4.79 Å². The monoisotopic (exact) mass is 260 g/mol. The van der Waals surface area contributed by atoms with Gasteiger partial charge in [-0.15, -0.1) is 0 Å². The Bertz CT molecular complexity index is 532. The van der Waals surface area contributed by atoms with Gasteiger partial charge in [0.15, 0.2) is 0 Å². The van der Waals surface area contributed by atoms with Gasteiger partial charge in [-0.25, -0.2) is 0 Å². The Morgan fingerprint density at radius 2 is 1.74 bits per heavy atom. The first-order valence-electron chi connectivity index (χ1n) is 5.91. The topological polar surface area (TPSA) is 26.3 Å². The highest BCUT2D eigenvalue weighted by atomic mass is 16.5. The molecule has 0 amide bonds. The number of carbonyl (C=O) groups excluding carboxylic acids is 1. The highest BCUT2D eigenvalue weighted by Gasteiger charge is 2.12. The molecular formula is C17H24O2. The molecule has 0 aromatic heterocycles. The molecule has 0 saturated carbocycles. The zero-order chi connectivity index (χ0) is 12.3. The first-order valence-corrected chi connectivity index (χ1v) is 5.91. The van der Waals surface area contributed by atoms with E-state index in [1.54, 1.807) is 0 Å². The summed E-state index contributed by atoms with van der Waals surface area (Å²) in [5.74, 6) is 0.401. The molecule has 0 spiro atoms. The highest BCUT2D eigenvalue weighted by Crippen LogP contribution is 2.21. The number of esters is 1. The fourth-order valence-corrected chi connectivity index (χ4v) is 1.61. The van der Waals surface area contributed by atoms with Crippen LogP contribution >= 0.6 is 0 Å². The molecule has 0 N–H and O–H groups in total. The molecule has 2 heteroatoms. The summed E-state index contributed by atoms with van der Waals surface area (Å²) in [6.45, 7) is 3.86. The van der Waals surface area contributed by atoms with Crippen molar-refractivity contribution >= 4 is 16.7 Å². The van der Waals surface area contributed by atoms with Crippen molar-refractivity contribution in [1.82, 2.24) is 0 Å². The van der Waals surface area contributed by atoms with Crippen LogP contribution in [0, 0.1) is 5.92 Å². The molecule has 2 aromatic carbocycles. The van der Waals surface area contributed by atoms with E-state index in [9.17, 15) is 4.79 Å². The molecule has 0 bridgehead atoms. The Hall–Kier alpha value is -1.83. The summed E-state index contributed by atoms with van der Waals surface area (Å²) in [4.78, 5) is 11.7. The average molecular weight is 260 g/mol. The van der Waals surface area contributed by atoms with Crippen LogP contribution < -0.4 is 4.74 Å². The zero-order valence-electron chi connectivity index (χ0n) is 10.1. The fourth-order valence-electron chi connectivity index (χ4n) is 1.61. The molecule has 0 radical (unpaired) electrons. The Balaban J connectivity index is 0.00000162. The molecule has 19 heavy (non-hydrogen) atoms. The molecule has 2 nitrogen and oxygen atoms in total. The average Bonchev–Trinajstić information content (AvgIpc) is 2.37. The molecular weight excluding hydrogens is 236 g/mol. The summed E-state index contributed by atoms with van der Waals surface area (Å²) in [6.07, 6.45) is 0.798. The summed E-state index contributed by atoms with van der Waals surface area (Å²) in [7, 11) is 0. The van der Waals surface area contributed by atoms with Crippen molar-refractivity contribution < 1.29 is 9.53 Å². The van der Waals surface area contributed by atoms with Crippen LogP contribution in [0.2, 0.25) is 0 Å². The lowest BCUT2D eigenvalue weighted by Crippen LogP contribution is -2.16. The van der Waals surface area contributed by atoms with E-state index in [1.165, 1.54) is 0 Å². The Morgan fingerprint density at radius 1 is 1.11 bits per heavy atom.